The summed E-state index contributed by atoms with van der Waals surface area (Å²) >= 11 is 0. The number of pyridine rings is 1. The molecule has 0 bridgehead atoms. The molecule has 0 unspecified atom stereocenters. The highest BCUT2D eigenvalue weighted by molar-refractivity contribution is 5.88. The minimum Gasteiger partial charge on any atom is -0.489 e. The van der Waals surface area contributed by atoms with Crippen molar-refractivity contribution in [3.8, 4) is 17.1 Å². The largest absolute Gasteiger partial charge is 0.489 e. The van der Waals surface area contributed by atoms with Crippen LogP contribution in [0.15, 0.2) is 61.1 Å². The lowest BCUT2D eigenvalue weighted by atomic mass is 10.1. The Morgan fingerprint density at radius 1 is 1.07 bits per heavy atom. The molecule has 1 aliphatic rings. The molecule has 1 saturated heterocycles. The van der Waals surface area contributed by atoms with Gasteiger partial charge in [-0.2, -0.15) is 5.10 Å². The van der Waals surface area contributed by atoms with Crippen LogP contribution in [-0.2, 0) is 6.54 Å². The molecule has 1 aromatic carbocycles. The van der Waals surface area contributed by atoms with Crippen LogP contribution in [0.2, 0.25) is 0 Å². The average Bonchev–Trinajstić information content (AvgIpc) is 3.23. The smallest absolute Gasteiger partial charge is 0.165 e. The predicted octanol–water partition coefficient (Wildman–Crippen LogP) is 3.96. The Morgan fingerprint density at radius 3 is 2.77 bits per heavy atom. The molecule has 0 amide bonds. The molecule has 3 aromatic heterocycles. The van der Waals surface area contributed by atoms with Crippen LogP contribution in [0.4, 0.5) is 5.82 Å². The van der Waals surface area contributed by atoms with Crippen molar-refractivity contribution >= 4 is 16.9 Å². The summed E-state index contributed by atoms with van der Waals surface area (Å²) in [5, 5.41) is 5.51. The topological polar surface area (TPSA) is 69.0 Å². The van der Waals surface area contributed by atoms with E-state index in [0.717, 1.165) is 60.6 Å². The Kier molecular flexibility index (Phi) is 5.01. The molecule has 0 N–H and O–H groups in total. The number of benzene rings is 1. The van der Waals surface area contributed by atoms with Crippen molar-refractivity contribution in [2.45, 2.75) is 32.4 Å². The zero-order valence-electron chi connectivity index (χ0n) is 17.0. The van der Waals surface area contributed by atoms with E-state index in [9.17, 15) is 0 Å². The fourth-order valence-corrected chi connectivity index (χ4v) is 3.96. The maximum Gasteiger partial charge on any atom is 0.165 e. The van der Waals surface area contributed by atoms with Crippen LogP contribution in [-0.4, -0.2) is 43.9 Å². The van der Waals surface area contributed by atoms with Crippen LogP contribution in [0, 0.1) is 0 Å². The van der Waals surface area contributed by atoms with E-state index in [0.29, 0.717) is 5.82 Å². The number of hydrogen-bond donors (Lipinski definition) is 0. The number of nitrogens with zero attached hydrogens (tertiary/aromatic N) is 6. The summed E-state index contributed by atoms with van der Waals surface area (Å²) in [5.74, 6) is 2.50. The average molecular weight is 400 g/mol. The second-order valence-electron chi connectivity index (χ2n) is 7.45. The molecule has 0 radical (unpaired) electrons. The fourth-order valence-electron chi connectivity index (χ4n) is 3.96. The van der Waals surface area contributed by atoms with E-state index in [1.165, 1.54) is 0 Å². The van der Waals surface area contributed by atoms with Crippen molar-refractivity contribution in [3.05, 3.63) is 61.1 Å². The first-order valence-electron chi connectivity index (χ1n) is 10.4. The summed E-state index contributed by atoms with van der Waals surface area (Å²) in [7, 11) is 0. The van der Waals surface area contributed by atoms with Gasteiger partial charge in [-0.25, -0.2) is 14.6 Å². The van der Waals surface area contributed by atoms with Crippen LogP contribution >= 0.6 is 0 Å². The third kappa shape index (κ3) is 3.58. The molecule has 1 aliphatic heterocycles. The maximum absolute atomic E-state index is 6.24. The number of ether oxygens (including phenoxy) is 1. The molecule has 30 heavy (non-hydrogen) atoms. The van der Waals surface area contributed by atoms with Crippen LogP contribution < -0.4 is 9.64 Å². The van der Waals surface area contributed by atoms with E-state index < -0.39 is 0 Å². The molecule has 4 heterocycles. The Hall–Kier alpha value is -3.48. The number of piperidine rings is 1. The minimum absolute atomic E-state index is 0.120. The van der Waals surface area contributed by atoms with Gasteiger partial charge in [0.1, 0.15) is 17.7 Å². The van der Waals surface area contributed by atoms with E-state index in [4.69, 9.17) is 14.7 Å². The maximum atomic E-state index is 6.24. The molecule has 7 nitrogen and oxygen atoms in total. The number of aryl methyl sites for hydroxylation is 1. The highest BCUT2D eigenvalue weighted by atomic mass is 16.5. The van der Waals surface area contributed by atoms with Gasteiger partial charge in [0.15, 0.2) is 11.5 Å². The monoisotopic (exact) mass is 400 g/mol. The number of para-hydroxylation sites is 1. The summed E-state index contributed by atoms with van der Waals surface area (Å²) in [5.41, 5.74) is 1.76. The quantitative estimate of drug-likeness (QED) is 0.505. The van der Waals surface area contributed by atoms with Gasteiger partial charge < -0.3 is 9.64 Å². The highest BCUT2D eigenvalue weighted by Gasteiger charge is 2.25. The molecule has 152 valence electrons. The van der Waals surface area contributed by atoms with Crippen LogP contribution in [0.3, 0.4) is 0 Å². The van der Waals surface area contributed by atoms with Crippen LogP contribution in [0.5, 0.6) is 5.75 Å². The van der Waals surface area contributed by atoms with Crippen molar-refractivity contribution < 1.29 is 4.74 Å². The Morgan fingerprint density at radius 2 is 1.97 bits per heavy atom. The molecule has 0 saturated carbocycles. The molecular weight excluding hydrogens is 376 g/mol. The van der Waals surface area contributed by atoms with Gasteiger partial charge in [0.25, 0.3) is 0 Å². The first-order valence-corrected chi connectivity index (χ1v) is 10.4. The van der Waals surface area contributed by atoms with Gasteiger partial charge in [-0.05, 0) is 44.0 Å². The molecule has 4 aromatic rings. The van der Waals surface area contributed by atoms with E-state index >= 15 is 0 Å². The predicted molar refractivity (Wildman–Crippen MR) is 117 cm³/mol. The minimum atomic E-state index is 0.120. The molecule has 1 fully saturated rings. The zero-order chi connectivity index (χ0) is 20.3. The van der Waals surface area contributed by atoms with Crippen molar-refractivity contribution in [2.75, 3.05) is 18.0 Å². The molecule has 5 rings (SSSR count). The van der Waals surface area contributed by atoms with E-state index in [-0.39, 0.29) is 6.10 Å². The summed E-state index contributed by atoms with van der Waals surface area (Å²) in [6, 6.07) is 13.9. The molecule has 1 atom stereocenters. The fraction of sp³-hybridized carbons (Fsp3) is 0.304. The molecular formula is C23H24N6O. The number of rotatable bonds is 5. The first kappa shape index (κ1) is 18.5. The van der Waals surface area contributed by atoms with Gasteiger partial charge in [0.2, 0.25) is 0 Å². The second kappa shape index (κ2) is 8.10. The third-order valence-corrected chi connectivity index (χ3v) is 5.42. The van der Waals surface area contributed by atoms with Crippen LogP contribution in [0.25, 0.3) is 22.4 Å². The van der Waals surface area contributed by atoms with Gasteiger partial charge >= 0.3 is 0 Å². The normalized spacial score (nSPS) is 16.7. The Bertz CT molecular complexity index is 1130. The lowest BCUT2D eigenvalue weighted by Crippen LogP contribution is -2.41. The molecule has 0 aliphatic carbocycles. The lowest BCUT2D eigenvalue weighted by molar-refractivity contribution is 0.179. The summed E-state index contributed by atoms with van der Waals surface area (Å²) in [6.07, 6.45) is 7.64. The van der Waals surface area contributed by atoms with E-state index in [1.54, 1.807) is 12.4 Å². The number of hydrogen-bond acceptors (Lipinski definition) is 6. The van der Waals surface area contributed by atoms with Gasteiger partial charge in [0.05, 0.1) is 18.1 Å². The van der Waals surface area contributed by atoms with Crippen molar-refractivity contribution in [2.24, 2.45) is 0 Å². The number of anilines is 1. The van der Waals surface area contributed by atoms with Gasteiger partial charge in [-0.1, -0.05) is 18.2 Å². The van der Waals surface area contributed by atoms with Crippen molar-refractivity contribution in [1.29, 1.82) is 0 Å². The summed E-state index contributed by atoms with van der Waals surface area (Å²) in [6.45, 7) is 4.55. The first-order chi connectivity index (χ1) is 14.8. The zero-order valence-corrected chi connectivity index (χ0v) is 17.0. The highest BCUT2D eigenvalue weighted by Crippen LogP contribution is 2.30. The van der Waals surface area contributed by atoms with Crippen molar-refractivity contribution in [3.63, 3.8) is 0 Å². The number of fused-ring (bicyclic) bond motifs is 1. The Balaban J connectivity index is 1.51. The Labute approximate surface area is 175 Å². The van der Waals surface area contributed by atoms with E-state index in [2.05, 4.69) is 21.9 Å². The van der Waals surface area contributed by atoms with Gasteiger partial charge in [-0.3, -0.25) is 4.98 Å². The van der Waals surface area contributed by atoms with Gasteiger partial charge in [-0.15, -0.1) is 0 Å². The van der Waals surface area contributed by atoms with Crippen molar-refractivity contribution in [1.82, 2.24) is 24.7 Å². The van der Waals surface area contributed by atoms with Gasteiger partial charge in [0, 0.05) is 31.0 Å². The van der Waals surface area contributed by atoms with E-state index in [1.807, 2.05) is 53.3 Å². The number of aromatic nitrogens is 5. The van der Waals surface area contributed by atoms with Crippen LogP contribution in [0.1, 0.15) is 19.8 Å². The summed E-state index contributed by atoms with van der Waals surface area (Å²) in [4.78, 5) is 16.3. The lowest BCUT2D eigenvalue weighted by Gasteiger charge is -2.34. The summed E-state index contributed by atoms with van der Waals surface area (Å²) < 4.78 is 8.16. The SMILES string of the molecule is CCn1ncc2c(N3CCC[C@@H](Oc4ccccc4)C3)nc(-c3cccnc3)nc21. The molecule has 0 spiro atoms. The second-order valence-corrected chi connectivity index (χ2v) is 7.45. The standard InChI is InChI=1S/C23H24N6O/c1-2-29-23-20(15-25-29)22(26-21(27-23)17-8-6-12-24-14-17)28-13-7-11-19(16-28)30-18-9-4-3-5-10-18/h3-6,8-10,12,14-15,19H,2,7,11,13,16H2,1H3/t19-/m1/s1. The molecule has 7 heteroatoms. The third-order valence-electron chi connectivity index (χ3n) is 5.42.